The van der Waals surface area contributed by atoms with E-state index in [9.17, 15) is 9.59 Å². The van der Waals surface area contributed by atoms with E-state index in [-0.39, 0.29) is 25.0 Å². The number of ether oxygens (including phenoxy) is 1. The monoisotopic (exact) mass is 464 g/mol. The molecule has 5 nitrogen and oxygen atoms in total. The second kappa shape index (κ2) is 11.4. The molecule has 0 aliphatic rings. The molecule has 0 unspecified atom stereocenters. The van der Waals surface area contributed by atoms with E-state index < -0.39 is 6.04 Å². The van der Waals surface area contributed by atoms with E-state index >= 15 is 0 Å². The van der Waals surface area contributed by atoms with Gasteiger partial charge in [-0.25, -0.2) is 0 Å². The van der Waals surface area contributed by atoms with Crippen LogP contribution in [0.15, 0.2) is 36.4 Å². The molecule has 1 N–H and O–H groups in total. The van der Waals surface area contributed by atoms with E-state index in [1.165, 1.54) is 4.90 Å². The van der Waals surface area contributed by atoms with Crippen molar-refractivity contribution in [2.45, 2.75) is 47.2 Å². The molecule has 7 heteroatoms. The Hall–Kier alpha value is -2.24. The van der Waals surface area contributed by atoms with Gasteiger partial charge in [-0.1, -0.05) is 55.2 Å². The molecule has 2 aromatic rings. The molecule has 31 heavy (non-hydrogen) atoms. The third-order valence-corrected chi connectivity index (χ3v) is 5.86. The largest absolute Gasteiger partial charge is 0.483 e. The molecule has 168 valence electrons. The van der Waals surface area contributed by atoms with Gasteiger partial charge in [-0.15, -0.1) is 0 Å². The Morgan fingerprint density at radius 3 is 2.26 bits per heavy atom. The number of benzene rings is 2. The minimum absolute atomic E-state index is 0.101. The molecule has 0 aliphatic carbocycles. The maximum absolute atomic E-state index is 13.2. The maximum atomic E-state index is 13.2. The fraction of sp³-hybridized carbons (Fsp3) is 0.417. The fourth-order valence-electron chi connectivity index (χ4n) is 2.99. The highest BCUT2D eigenvalue weighted by Crippen LogP contribution is 2.27. The smallest absolute Gasteiger partial charge is 0.261 e. The first kappa shape index (κ1) is 25.0. The van der Waals surface area contributed by atoms with Crippen LogP contribution in [0.2, 0.25) is 10.0 Å². The van der Waals surface area contributed by atoms with Crippen LogP contribution in [0.5, 0.6) is 5.75 Å². The topological polar surface area (TPSA) is 58.6 Å². The lowest BCUT2D eigenvalue weighted by Gasteiger charge is -2.29. The van der Waals surface area contributed by atoms with Crippen LogP contribution in [0.4, 0.5) is 0 Å². The Morgan fingerprint density at radius 2 is 1.65 bits per heavy atom. The lowest BCUT2D eigenvalue weighted by Crippen LogP contribution is -2.49. The third-order valence-electron chi connectivity index (χ3n) is 5.15. The number of nitrogens with one attached hydrogen (secondary N) is 1. The zero-order valence-electron chi connectivity index (χ0n) is 18.7. The summed E-state index contributed by atoms with van der Waals surface area (Å²) < 4.78 is 5.80. The lowest BCUT2D eigenvalue weighted by molar-refractivity contribution is -0.142. The normalized spacial score (nSPS) is 11.9. The van der Waals surface area contributed by atoms with Gasteiger partial charge in [0.05, 0.1) is 0 Å². The zero-order valence-corrected chi connectivity index (χ0v) is 20.2. The second-order valence-corrected chi connectivity index (χ2v) is 8.84. The molecule has 0 aliphatic heterocycles. The van der Waals surface area contributed by atoms with Crippen molar-refractivity contribution in [2.24, 2.45) is 5.92 Å². The molecular formula is C24H30Cl2N2O3. The summed E-state index contributed by atoms with van der Waals surface area (Å²) in [6, 6.07) is 10.1. The minimum atomic E-state index is -0.721. The summed E-state index contributed by atoms with van der Waals surface area (Å²) >= 11 is 12.6. The number of hydrogen-bond acceptors (Lipinski definition) is 3. The van der Waals surface area contributed by atoms with Gasteiger partial charge in [-0.2, -0.15) is 0 Å². The van der Waals surface area contributed by atoms with Crippen molar-refractivity contribution in [3.8, 4) is 5.75 Å². The lowest BCUT2D eigenvalue weighted by atomic mass is 10.1. The molecule has 0 saturated heterocycles. The molecule has 2 rings (SSSR count). The number of aryl methyl sites for hydroxylation is 1. The van der Waals surface area contributed by atoms with E-state index in [1.807, 2.05) is 45.9 Å². The molecule has 0 saturated carbocycles. The first-order chi connectivity index (χ1) is 14.6. The highest BCUT2D eigenvalue weighted by atomic mass is 35.5. The molecule has 0 bridgehead atoms. The predicted octanol–water partition coefficient (Wildman–Crippen LogP) is 5.18. The molecular weight excluding hydrogens is 435 g/mol. The first-order valence-corrected chi connectivity index (χ1v) is 11.1. The van der Waals surface area contributed by atoms with E-state index in [1.54, 1.807) is 25.1 Å². The van der Waals surface area contributed by atoms with E-state index in [0.717, 1.165) is 11.1 Å². The van der Waals surface area contributed by atoms with E-state index in [4.69, 9.17) is 27.9 Å². The van der Waals surface area contributed by atoms with Crippen molar-refractivity contribution in [3.05, 3.63) is 63.1 Å². The number of carbonyl (C=O) groups is 2. The van der Waals surface area contributed by atoms with Gasteiger partial charge in [0.25, 0.3) is 5.91 Å². The SMILES string of the molecule is Cc1cccc(OCC(=O)N(Cc2c(Cl)cccc2Cl)[C@H](C)C(=O)NCC(C)C)c1C. The Balaban J connectivity index is 2.24. The van der Waals surface area contributed by atoms with Gasteiger partial charge >= 0.3 is 0 Å². The van der Waals surface area contributed by atoms with Gasteiger partial charge in [0.2, 0.25) is 5.91 Å². The van der Waals surface area contributed by atoms with Gasteiger partial charge in [0.15, 0.2) is 6.61 Å². The molecule has 0 aromatic heterocycles. The van der Waals surface area contributed by atoms with Gasteiger partial charge in [0, 0.05) is 28.7 Å². The molecule has 2 aromatic carbocycles. The number of hydrogen-bond donors (Lipinski definition) is 1. The predicted molar refractivity (Wildman–Crippen MR) is 126 cm³/mol. The van der Waals surface area contributed by atoms with Crippen molar-refractivity contribution in [3.63, 3.8) is 0 Å². The van der Waals surface area contributed by atoms with Crippen LogP contribution >= 0.6 is 23.2 Å². The van der Waals surface area contributed by atoms with Crippen LogP contribution < -0.4 is 10.1 Å². The van der Waals surface area contributed by atoms with Crippen LogP contribution in [0, 0.1) is 19.8 Å². The quantitative estimate of drug-likeness (QED) is 0.555. The number of carbonyl (C=O) groups excluding carboxylic acids is 2. The summed E-state index contributed by atoms with van der Waals surface area (Å²) in [7, 11) is 0. The van der Waals surface area contributed by atoms with Crippen LogP contribution in [0.3, 0.4) is 0 Å². The Kier molecular flexibility index (Phi) is 9.20. The standard InChI is InChI=1S/C24H30Cl2N2O3/c1-15(2)12-27-24(30)18(5)28(13-19-20(25)9-7-10-21(19)26)23(29)14-31-22-11-6-8-16(3)17(22)4/h6-11,15,18H,12-14H2,1-5H3,(H,27,30)/t18-/m1/s1. The second-order valence-electron chi connectivity index (χ2n) is 8.02. The molecule has 0 heterocycles. The summed E-state index contributed by atoms with van der Waals surface area (Å²) in [5, 5.41) is 3.76. The van der Waals surface area contributed by atoms with Crippen LogP contribution in [0.1, 0.15) is 37.5 Å². The van der Waals surface area contributed by atoms with Gasteiger partial charge in [-0.3, -0.25) is 9.59 Å². The van der Waals surface area contributed by atoms with Crippen molar-refractivity contribution >= 4 is 35.0 Å². The van der Waals surface area contributed by atoms with Crippen molar-refractivity contribution in [1.29, 1.82) is 0 Å². The van der Waals surface area contributed by atoms with Gasteiger partial charge in [-0.05, 0) is 56.0 Å². The molecule has 0 fully saturated rings. The van der Waals surface area contributed by atoms with E-state index in [2.05, 4.69) is 5.32 Å². The Morgan fingerprint density at radius 1 is 1.03 bits per heavy atom. The fourth-order valence-corrected chi connectivity index (χ4v) is 3.51. The maximum Gasteiger partial charge on any atom is 0.261 e. The summed E-state index contributed by atoms with van der Waals surface area (Å²) in [4.78, 5) is 27.3. The highest BCUT2D eigenvalue weighted by molar-refractivity contribution is 6.36. The number of amides is 2. The zero-order chi connectivity index (χ0) is 23.1. The number of halogens is 2. The van der Waals surface area contributed by atoms with E-state index in [0.29, 0.717) is 33.8 Å². The van der Waals surface area contributed by atoms with Crippen LogP contribution in [-0.4, -0.2) is 35.9 Å². The molecule has 0 spiro atoms. The Labute approximate surface area is 194 Å². The average Bonchev–Trinajstić information content (AvgIpc) is 2.72. The summed E-state index contributed by atoms with van der Waals surface area (Å²) in [6.45, 7) is 10.1. The van der Waals surface area contributed by atoms with Gasteiger partial charge in [0.1, 0.15) is 11.8 Å². The van der Waals surface area contributed by atoms with Crippen molar-refractivity contribution < 1.29 is 14.3 Å². The Bertz CT molecular complexity index is 911. The number of rotatable bonds is 9. The minimum Gasteiger partial charge on any atom is -0.483 e. The molecule has 0 radical (unpaired) electrons. The highest BCUT2D eigenvalue weighted by Gasteiger charge is 2.28. The van der Waals surface area contributed by atoms with Crippen LogP contribution in [0.25, 0.3) is 0 Å². The van der Waals surface area contributed by atoms with Crippen molar-refractivity contribution in [1.82, 2.24) is 10.2 Å². The van der Waals surface area contributed by atoms with Gasteiger partial charge < -0.3 is 15.0 Å². The first-order valence-electron chi connectivity index (χ1n) is 10.3. The average molecular weight is 465 g/mol. The molecule has 2 amide bonds. The van der Waals surface area contributed by atoms with Crippen LogP contribution in [-0.2, 0) is 16.1 Å². The molecule has 1 atom stereocenters. The summed E-state index contributed by atoms with van der Waals surface area (Å²) in [5.41, 5.74) is 2.64. The summed E-state index contributed by atoms with van der Waals surface area (Å²) in [6.07, 6.45) is 0. The third kappa shape index (κ3) is 6.88. The summed E-state index contributed by atoms with van der Waals surface area (Å²) in [5.74, 6) is 0.369. The van der Waals surface area contributed by atoms with Crippen molar-refractivity contribution in [2.75, 3.05) is 13.2 Å². The number of nitrogens with zero attached hydrogens (tertiary/aromatic N) is 1.